The lowest BCUT2D eigenvalue weighted by Gasteiger charge is -2.03. The summed E-state index contributed by atoms with van der Waals surface area (Å²) in [7, 11) is 1.41. The van der Waals surface area contributed by atoms with Gasteiger partial charge in [-0.3, -0.25) is 4.79 Å². The summed E-state index contributed by atoms with van der Waals surface area (Å²) in [4.78, 5) is 9.87. The maximum Gasteiger partial charge on any atom is 0.306 e. The molecule has 0 radical (unpaired) electrons. The SMILES string of the molecule is COC[C@H](O)CC(=O)O. The summed E-state index contributed by atoms with van der Waals surface area (Å²) in [5.41, 5.74) is 0. The predicted octanol–water partition coefficient (Wildman–Crippen LogP) is -0.532. The maximum atomic E-state index is 9.87. The molecule has 4 heteroatoms. The van der Waals surface area contributed by atoms with Crippen molar-refractivity contribution in [1.29, 1.82) is 0 Å². The highest BCUT2D eigenvalue weighted by molar-refractivity contribution is 5.67. The Bertz CT molecular complexity index is 91.0. The Morgan fingerprint density at radius 3 is 2.67 bits per heavy atom. The van der Waals surface area contributed by atoms with Crippen molar-refractivity contribution in [3.8, 4) is 0 Å². The molecule has 54 valence electrons. The van der Waals surface area contributed by atoms with E-state index in [-0.39, 0.29) is 13.0 Å². The van der Waals surface area contributed by atoms with E-state index >= 15 is 0 Å². The first-order valence-electron chi connectivity index (χ1n) is 2.55. The van der Waals surface area contributed by atoms with Gasteiger partial charge in [-0.05, 0) is 0 Å². The molecule has 9 heavy (non-hydrogen) atoms. The van der Waals surface area contributed by atoms with Crippen LogP contribution in [0.25, 0.3) is 0 Å². The van der Waals surface area contributed by atoms with Crippen molar-refractivity contribution in [3.05, 3.63) is 0 Å². The first kappa shape index (κ1) is 8.39. The Balaban J connectivity index is 3.26. The van der Waals surface area contributed by atoms with Crippen molar-refractivity contribution in [3.63, 3.8) is 0 Å². The third-order valence-corrected chi connectivity index (χ3v) is 0.769. The van der Waals surface area contributed by atoms with Gasteiger partial charge in [-0.15, -0.1) is 0 Å². The fourth-order valence-corrected chi connectivity index (χ4v) is 0.453. The Hall–Kier alpha value is -0.610. The van der Waals surface area contributed by atoms with Gasteiger partial charge in [0.2, 0.25) is 0 Å². The molecule has 0 aromatic rings. The minimum Gasteiger partial charge on any atom is -0.481 e. The highest BCUT2D eigenvalue weighted by Crippen LogP contribution is 1.90. The highest BCUT2D eigenvalue weighted by atomic mass is 16.5. The first-order valence-corrected chi connectivity index (χ1v) is 2.55. The van der Waals surface area contributed by atoms with E-state index in [1.807, 2.05) is 0 Å². The lowest BCUT2D eigenvalue weighted by Crippen LogP contribution is -2.18. The zero-order chi connectivity index (χ0) is 7.28. The van der Waals surface area contributed by atoms with E-state index < -0.39 is 12.1 Å². The molecule has 4 nitrogen and oxygen atoms in total. The molecular weight excluding hydrogens is 124 g/mol. The normalized spacial score (nSPS) is 13.1. The Morgan fingerprint density at radius 2 is 2.33 bits per heavy atom. The van der Waals surface area contributed by atoms with E-state index in [9.17, 15) is 4.79 Å². The molecule has 0 aliphatic carbocycles. The zero-order valence-electron chi connectivity index (χ0n) is 5.20. The summed E-state index contributed by atoms with van der Waals surface area (Å²) in [6, 6.07) is 0. The van der Waals surface area contributed by atoms with Crippen molar-refractivity contribution in [2.45, 2.75) is 12.5 Å². The Labute approximate surface area is 53.1 Å². The second kappa shape index (κ2) is 4.29. The smallest absolute Gasteiger partial charge is 0.306 e. The molecule has 0 aromatic carbocycles. The molecule has 0 aromatic heterocycles. The van der Waals surface area contributed by atoms with Gasteiger partial charge in [0, 0.05) is 7.11 Å². The second-order valence-electron chi connectivity index (χ2n) is 1.71. The van der Waals surface area contributed by atoms with Crippen LogP contribution in [0, 0.1) is 0 Å². The van der Waals surface area contributed by atoms with Crippen molar-refractivity contribution >= 4 is 5.97 Å². The number of rotatable bonds is 4. The van der Waals surface area contributed by atoms with E-state index in [0.29, 0.717) is 0 Å². The van der Waals surface area contributed by atoms with Gasteiger partial charge in [-0.1, -0.05) is 0 Å². The number of aliphatic hydroxyl groups is 1. The molecule has 0 fully saturated rings. The molecular formula is C5H10O4. The van der Waals surface area contributed by atoms with Crippen LogP contribution in [0.4, 0.5) is 0 Å². The average molecular weight is 134 g/mol. The third kappa shape index (κ3) is 5.26. The van der Waals surface area contributed by atoms with Crippen LogP contribution in [0.3, 0.4) is 0 Å². The minimum absolute atomic E-state index is 0.0757. The number of hydrogen-bond acceptors (Lipinski definition) is 3. The monoisotopic (exact) mass is 134 g/mol. The number of carboxylic acids is 1. The van der Waals surface area contributed by atoms with Crippen molar-refractivity contribution in [1.82, 2.24) is 0 Å². The van der Waals surface area contributed by atoms with Crippen LogP contribution in [-0.4, -0.2) is 36.0 Å². The van der Waals surface area contributed by atoms with E-state index in [4.69, 9.17) is 10.2 Å². The standard InChI is InChI=1S/C5H10O4/c1-9-3-4(6)2-5(7)8/h4,6H,2-3H2,1H3,(H,7,8)/t4-/m1/s1. The van der Waals surface area contributed by atoms with Crippen LogP contribution in [0.2, 0.25) is 0 Å². The van der Waals surface area contributed by atoms with Gasteiger partial charge >= 0.3 is 5.97 Å². The number of hydrogen-bond donors (Lipinski definition) is 2. The van der Waals surface area contributed by atoms with E-state index in [0.717, 1.165) is 0 Å². The van der Waals surface area contributed by atoms with Gasteiger partial charge in [0.05, 0.1) is 19.1 Å². The van der Waals surface area contributed by atoms with Crippen LogP contribution < -0.4 is 0 Å². The lowest BCUT2D eigenvalue weighted by molar-refractivity contribution is -0.139. The molecule has 0 aliphatic rings. The van der Waals surface area contributed by atoms with Crippen LogP contribution in [-0.2, 0) is 9.53 Å². The number of methoxy groups -OCH3 is 1. The molecule has 0 rings (SSSR count). The molecule has 0 spiro atoms. The number of carbonyl (C=O) groups is 1. The molecule has 0 unspecified atom stereocenters. The summed E-state index contributed by atoms with van der Waals surface area (Å²) in [5.74, 6) is -1.01. The van der Waals surface area contributed by atoms with Gasteiger partial charge in [0.15, 0.2) is 0 Å². The molecule has 0 heterocycles. The predicted molar refractivity (Wildman–Crippen MR) is 30.1 cm³/mol. The van der Waals surface area contributed by atoms with Gasteiger partial charge in [0.25, 0.3) is 0 Å². The third-order valence-electron chi connectivity index (χ3n) is 0.769. The lowest BCUT2D eigenvalue weighted by atomic mass is 10.3. The van der Waals surface area contributed by atoms with Gasteiger partial charge < -0.3 is 14.9 Å². The zero-order valence-corrected chi connectivity index (χ0v) is 5.20. The topological polar surface area (TPSA) is 66.8 Å². The molecule has 0 saturated heterocycles. The number of aliphatic carboxylic acids is 1. The minimum atomic E-state index is -1.01. The van der Waals surface area contributed by atoms with Crippen LogP contribution >= 0.6 is 0 Å². The molecule has 0 aliphatic heterocycles. The maximum absolute atomic E-state index is 9.87. The van der Waals surface area contributed by atoms with Crippen LogP contribution in [0.5, 0.6) is 0 Å². The molecule has 0 bridgehead atoms. The summed E-state index contributed by atoms with van der Waals surface area (Å²) in [6.07, 6.45) is -1.14. The quantitative estimate of drug-likeness (QED) is 0.542. The van der Waals surface area contributed by atoms with E-state index in [1.165, 1.54) is 7.11 Å². The van der Waals surface area contributed by atoms with Gasteiger partial charge in [-0.25, -0.2) is 0 Å². The Kier molecular flexibility index (Phi) is 4.00. The van der Waals surface area contributed by atoms with E-state index in [1.54, 1.807) is 0 Å². The summed E-state index contributed by atoms with van der Waals surface area (Å²) < 4.78 is 4.49. The molecule has 2 N–H and O–H groups in total. The van der Waals surface area contributed by atoms with Crippen LogP contribution in [0.1, 0.15) is 6.42 Å². The highest BCUT2D eigenvalue weighted by Gasteiger charge is 2.07. The molecule has 0 amide bonds. The fourth-order valence-electron chi connectivity index (χ4n) is 0.453. The molecule has 1 atom stereocenters. The summed E-state index contributed by atoms with van der Waals surface area (Å²) in [5, 5.41) is 16.8. The number of carboxylic acid groups (broad SMARTS) is 1. The number of ether oxygens (including phenoxy) is 1. The van der Waals surface area contributed by atoms with Crippen LogP contribution in [0.15, 0.2) is 0 Å². The second-order valence-corrected chi connectivity index (χ2v) is 1.71. The van der Waals surface area contributed by atoms with Crippen molar-refractivity contribution < 1.29 is 19.7 Å². The van der Waals surface area contributed by atoms with Crippen molar-refractivity contribution in [2.75, 3.05) is 13.7 Å². The van der Waals surface area contributed by atoms with Crippen molar-refractivity contribution in [2.24, 2.45) is 0 Å². The van der Waals surface area contributed by atoms with Gasteiger partial charge in [0.1, 0.15) is 0 Å². The van der Waals surface area contributed by atoms with E-state index in [2.05, 4.69) is 4.74 Å². The Morgan fingerprint density at radius 1 is 1.78 bits per heavy atom. The summed E-state index contributed by atoms with van der Waals surface area (Å²) in [6.45, 7) is 0.0757. The van der Waals surface area contributed by atoms with Gasteiger partial charge in [-0.2, -0.15) is 0 Å². The number of aliphatic hydroxyl groups excluding tert-OH is 1. The summed E-state index contributed by atoms with van der Waals surface area (Å²) >= 11 is 0. The molecule has 0 saturated carbocycles. The fraction of sp³-hybridized carbons (Fsp3) is 0.800. The largest absolute Gasteiger partial charge is 0.481 e. The first-order chi connectivity index (χ1) is 4.16. The average Bonchev–Trinajstić information content (AvgIpc) is 1.63.